The molecule has 0 aliphatic heterocycles. The monoisotopic (exact) mass is 236 g/mol. The van der Waals surface area contributed by atoms with E-state index in [1.807, 2.05) is 17.9 Å². The van der Waals surface area contributed by atoms with Crippen LogP contribution in [-0.4, -0.2) is 9.78 Å². The van der Waals surface area contributed by atoms with Crippen molar-refractivity contribution in [3.05, 3.63) is 18.0 Å². The summed E-state index contributed by atoms with van der Waals surface area (Å²) in [5, 5.41) is 4.23. The van der Waals surface area contributed by atoms with Gasteiger partial charge < -0.3 is 0 Å². The largest absolute Gasteiger partial charge is 0.275 e. The van der Waals surface area contributed by atoms with E-state index < -0.39 is 0 Å². The minimum Gasteiger partial charge on any atom is -0.275 e. The number of aryl methyl sites for hydroxylation is 1. The Bertz CT molecular complexity index is 339. The highest BCUT2D eigenvalue weighted by Gasteiger charge is 2.27. The Labute approximate surface area is 104 Å². The number of nitrogens with one attached hydrogen (secondary N) is 1. The lowest BCUT2D eigenvalue weighted by molar-refractivity contribution is 0.219. The first-order valence-corrected chi connectivity index (χ1v) is 6.69. The third-order valence-corrected chi connectivity index (χ3v) is 4.20. The smallest absolute Gasteiger partial charge is 0.0538 e. The van der Waals surface area contributed by atoms with Crippen LogP contribution in [0.4, 0.5) is 0 Å². The van der Waals surface area contributed by atoms with Gasteiger partial charge in [-0.3, -0.25) is 16.0 Å². The summed E-state index contributed by atoms with van der Waals surface area (Å²) in [6.45, 7) is 2.30. The van der Waals surface area contributed by atoms with Crippen LogP contribution in [0, 0.1) is 11.8 Å². The van der Waals surface area contributed by atoms with E-state index in [-0.39, 0.29) is 6.04 Å². The van der Waals surface area contributed by atoms with Crippen LogP contribution >= 0.6 is 0 Å². The maximum atomic E-state index is 5.73. The highest BCUT2D eigenvalue weighted by molar-refractivity contribution is 5.11. The Morgan fingerprint density at radius 3 is 2.65 bits per heavy atom. The Hall–Kier alpha value is -0.870. The van der Waals surface area contributed by atoms with Crippen LogP contribution in [0.2, 0.25) is 0 Å². The van der Waals surface area contributed by atoms with Gasteiger partial charge in [0.25, 0.3) is 0 Å². The zero-order valence-electron chi connectivity index (χ0n) is 10.9. The lowest BCUT2D eigenvalue weighted by atomic mass is 9.76. The molecule has 1 heterocycles. The van der Waals surface area contributed by atoms with Gasteiger partial charge in [-0.25, -0.2) is 0 Å². The van der Waals surface area contributed by atoms with Crippen LogP contribution in [0.5, 0.6) is 0 Å². The summed E-state index contributed by atoms with van der Waals surface area (Å²) in [5.74, 6) is 7.31. The Kier molecular flexibility index (Phi) is 4.18. The SMILES string of the molecule is CCC1CCC(C(NN)c2cnn(C)c2)CC1. The summed E-state index contributed by atoms with van der Waals surface area (Å²) >= 11 is 0. The highest BCUT2D eigenvalue weighted by Crippen LogP contribution is 2.37. The zero-order valence-corrected chi connectivity index (χ0v) is 10.9. The molecule has 1 unspecified atom stereocenters. The third kappa shape index (κ3) is 2.87. The highest BCUT2D eigenvalue weighted by atomic mass is 15.3. The van der Waals surface area contributed by atoms with Gasteiger partial charge in [-0.2, -0.15) is 5.10 Å². The predicted molar refractivity (Wildman–Crippen MR) is 69.0 cm³/mol. The van der Waals surface area contributed by atoms with Crippen LogP contribution in [0.1, 0.15) is 50.6 Å². The van der Waals surface area contributed by atoms with Gasteiger partial charge in [0.15, 0.2) is 0 Å². The number of hydrazine groups is 1. The standard InChI is InChI=1S/C13H24N4/c1-3-10-4-6-11(7-5-10)13(16-14)12-8-15-17(2)9-12/h8-11,13,16H,3-7,14H2,1-2H3. The first-order valence-electron chi connectivity index (χ1n) is 6.69. The summed E-state index contributed by atoms with van der Waals surface area (Å²) < 4.78 is 1.84. The average Bonchev–Trinajstić information content (AvgIpc) is 2.78. The van der Waals surface area contributed by atoms with E-state index in [1.165, 1.54) is 37.7 Å². The molecular weight excluding hydrogens is 212 g/mol. The van der Waals surface area contributed by atoms with Gasteiger partial charge in [0, 0.05) is 18.8 Å². The van der Waals surface area contributed by atoms with Gasteiger partial charge in [-0.05, 0) is 24.7 Å². The normalized spacial score (nSPS) is 27.0. The fraction of sp³-hybridized carbons (Fsp3) is 0.769. The molecule has 0 spiro atoms. The van der Waals surface area contributed by atoms with E-state index in [1.54, 1.807) is 0 Å². The molecule has 1 fully saturated rings. The number of nitrogens with zero attached hydrogens (tertiary/aromatic N) is 2. The van der Waals surface area contributed by atoms with Crippen molar-refractivity contribution in [2.45, 2.75) is 45.1 Å². The summed E-state index contributed by atoms with van der Waals surface area (Å²) in [4.78, 5) is 0. The molecule has 17 heavy (non-hydrogen) atoms. The molecule has 0 amide bonds. The van der Waals surface area contributed by atoms with E-state index in [2.05, 4.69) is 23.6 Å². The first-order chi connectivity index (χ1) is 8.24. The maximum Gasteiger partial charge on any atom is 0.0538 e. The third-order valence-electron chi connectivity index (χ3n) is 4.20. The molecule has 3 N–H and O–H groups in total. The molecule has 0 bridgehead atoms. The molecule has 4 heteroatoms. The molecule has 1 aromatic heterocycles. The average molecular weight is 236 g/mol. The van der Waals surface area contributed by atoms with Crippen LogP contribution < -0.4 is 11.3 Å². The van der Waals surface area contributed by atoms with Crippen molar-refractivity contribution in [3.8, 4) is 0 Å². The fourth-order valence-electron chi connectivity index (χ4n) is 3.04. The van der Waals surface area contributed by atoms with Crippen molar-refractivity contribution < 1.29 is 0 Å². The second-order valence-electron chi connectivity index (χ2n) is 5.28. The Morgan fingerprint density at radius 1 is 1.47 bits per heavy atom. The fourth-order valence-corrected chi connectivity index (χ4v) is 3.04. The van der Waals surface area contributed by atoms with E-state index in [9.17, 15) is 0 Å². The van der Waals surface area contributed by atoms with Gasteiger partial charge in [0.1, 0.15) is 0 Å². The number of nitrogens with two attached hydrogens (primary N) is 1. The molecule has 1 aliphatic carbocycles. The molecule has 1 aromatic rings. The maximum absolute atomic E-state index is 5.73. The van der Waals surface area contributed by atoms with Crippen molar-refractivity contribution in [1.29, 1.82) is 0 Å². The van der Waals surface area contributed by atoms with Crippen molar-refractivity contribution in [2.75, 3.05) is 0 Å². The van der Waals surface area contributed by atoms with Crippen LogP contribution in [0.15, 0.2) is 12.4 Å². The van der Waals surface area contributed by atoms with Gasteiger partial charge >= 0.3 is 0 Å². The van der Waals surface area contributed by atoms with Crippen LogP contribution in [0.25, 0.3) is 0 Å². The van der Waals surface area contributed by atoms with Gasteiger partial charge in [0.2, 0.25) is 0 Å². The van der Waals surface area contributed by atoms with Crippen LogP contribution in [-0.2, 0) is 7.05 Å². The molecule has 0 aromatic carbocycles. The lowest BCUT2D eigenvalue weighted by Crippen LogP contribution is -2.35. The van der Waals surface area contributed by atoms with Gasteiger partial charge in [-0.15, -0.1) is 0 Å². The molecule has 4 nitrogen and oxygen atoms in total. The number of hydrogen-bond donors (Lipinski definition) is 2. The Morgan fingerprint density at radius 2 is 2.18 bits per heavy atom. The minimum absolute atomic E-state index is 0.265. The second kappa shape index (κ2) is 5.65. The van der Waals surface area contributed by atoms with Crippen molar-refractivity contribution in [2.24, 2.45) is 24.7 Å². The van der Waals surface area contributed by atoms with Crippen molar-refractivity contribution >= 4 is 0 Å². The zero-order chi connectivity index (χ0) is 12.3. The van der Waals surface area contributed by atoms with Crippen molar-refractivity contribution in [3.63, 3.8) is 0 Å². The molecule has 0 radical (unpaired) electrons. The molecule has 96 valence electrons. The molecule has 1 atom stereocenters. The molecule has 1 saturated carbocycles. The molecular formula is C13H24N4. The predicted octanol–water partition coefficient (Wildman–Crippen LogP) is 2.14. The second-order valence-corrected chi connectivity index (χ2v) is 5.28. The molecule has 0 saturated heterocycles. The van der Waals surface area contributed by atoms with Crippen molar-refractivity contribution in [1.82, 2.24) is 15.2 Å². The van der Waals surface area contributed by atoms with E-state index in [0.717, 1.165) is 5.92 Å². The van der Waals surface area contributed by atoms with Crippen LogP contribution in [0.3, 0.4) is 0 Å². The van der Waals surface area contributed by atoms with E-state index >= 15 is 0 Å². The molecule has 2 rings (SSSR count). The molecule has 1 aliphatic rings. The number of hydrogen-bond acceptors (Lipinski definition) is 3. The summed E-state index contributed by atoms with van der Waals surface area (Å²) in [5.41, 5.74) is 4.20. The number of aromatic nitrogens is 2. The van der Waals surface area contributed by atoms with Gasteiger partial charge in [-0.1, -0.05) is 26.2 Å². The van der Waals surface area contributed by atoms with E-state index in [4.69, 9.17) is 5.84 Å². The Balaban J connectivity index is 2.00. The number of rotatable bonds is 4. The minimum atomic E-state index is 0.265. The lowest BCUT2D eigenvalue weighted by Gasteiger charge is -2.32. The quantitative estimate of drug-likeness (QED) is 0.622. The summed E-state index contributed by atoms with van der Waals surface area (Å²) in [7, 11) is 1.95. The van der Waals surface area contributed by atoms with Gasteiger partial charge in [0.05, 0.1) is 12.2 Å². The van der Waals surface area contributed by atoms with E-state index in [0.29, 0.717) is 5.92 Å². The topological polar surface area (TPSA) is 55.9 Å². The summed E-state index contributed by atoms with van der Waals surface area (Å²) in [6, 6.07) is 0.265. The first kappa shape index (κ1) is 12.6. The summed E-state index contributed by atoms with van der Waals surface area (Å²) in [6.07, 6.45) is 10.6.